The van der Waals surface area contributed by atoms with Crippen molar-refractivity contribution in [3.63, 3.8) is 0 Å². The summed E-state index contributed by atoms with van der Waals surface area (Å²) in [7, 11) is 0. The SMILES string of the molecule is CC(=O)C(C)n1c(C2CC(=O)N(c3c(C)cccc3C)C2)nc2ccccc21. The molecule has 0 saturated carbocycles. The summed E-state index contributed by atoms with van der Waals surface area (Å²) in [4.78, 5) is 31.8. The minimum atomic E-state index is -0.313. The zero-order chi connectivity index (χ0) is 20.0. The molecule has 0 aliphatic carbocycles. The van der Waals surface area contributed by atoms with Gasteiger partial charge in [-0.1, -0.05) is 30.3 Å². The molecule has 4 rings (SSSR count). The number of rotatable bonds is 4. The molecular formula is C23H25N3O2. The minimum absolute atomic E-state index is 0.0410. The summed E-state index contributed by atoms with van der Waals surface area (Å²) in [5, 5.41) is 0. The number of para-hydroxylation sites is 3. The van der Waals surface area contributed by atoms with Crippen LogP contribution in [0.2, 0.25) is 0 Å². The van der Waals surface area contributed by atoms with Gasteiger partial charge in [-0.15, -0.1) is 0 Å². The maximum absolute atomic E-state index is 12.9. The molecule has 1 aromatic heterocycles. The van der Waals surface area contributed by atoms with Gasteiger partial charge in [0, 0.05) is 24.6 Å². The third kappa shape index (κ3) is 2.91. The number of nitrogens with zero attached hydrogens (tertiary/aromatic N) is 3. The Morgan fingerprint density at radius 1 is 1.11 bits per heavy atom. The molecule has 2 atom stereocenters. The van der Waals surface area contributed by atoms with E-state index in [0.717, 1.165) is 33.7 Å². The van der Waals surface area contributed by atoms with Crippen molar-refractivity contribution >= 4 is 28.4 Å². The van der Waals surface area contributed by atoms with Gasteiger partial charge in [0.25, 0.3) is 0 Å². The fourth-order valence-corrected chi connectivity index (χ4v) is 4.27. The minimum Gasteiger partial charge on any atom is -0.317 e. The Morgan fingerprint density at radius 2 is 1.79 bits per heavy atom. The van der Waals surface area contributed by atoms with Gasteiger partial charge in [0.2, 0.25) is 5.91 Å². The topological polar surface area (TPSA) is 55.2 Å². The lowest BCUT2D eigenvalue weighted by molar-refractivity contribution is -0.119. The van der Waals surface area contributed by atoms with E-state index < -0.39 is 0 Å². The normalized spacial score (nSPS) is 18.1. The van der Waals surface area contributed by atoms with Gasteiger partial charge >= 0.3 is 0 Å². The molecule has 144 valence electrons. The highest BCUT2D eigenvalue weighted by Crippen LogP contribution is 2.37. The van der Waals surface area contributed by atoms with Crippen LogP contribution in [-0.4, -0.2) is 27.8 Å². The average Bonchev–Trinajstić information content (AvgIpc) is 3.22. The van der Waals surface area contributed by atoms with Crippen molar-refractivity contribution in [2.24, 2.45) is 0 Å². The number of carbonyl (C=O) groups is 2. The molecule has 2 heterocycles. The number of imidazole rings is 1. The van der Waals surface area contributed by atoms with Crippen molar-refractivity contribution in [2.75, 3.05) is 11.4 Å². The van der Waals surface area contributed by atoms with Gasteiger partial charge in [-0.2, -0.15) is 0 Å². The van der Waals surface area contributed by atoms with E-state index in [0.29, 0.717) is 13.0 Å². The highest BCUT2D eigenvalue weighted by Gasteiger charge is 2.36. The summed E-state index contributed by atoms with van der Waals surface area (Å²) in [5.74, 6) is 0.975. The molecule has 0 bridgehead atoms. The largest absolute Gasteiger partial charge is 0.317 e. The van der Waals surface area contributed by atoms with Crippen LogP contribution in [0.15, 0.2) is 42.5 Å². The van der Waals surface area contributed by atoms with Gasteiger partial charge in [0.15, 0.2) is 5.78 Å². The fourth-order valence-electron chi connectivity index (χ4n) is 4.27. The average molecular weight is 375 g/mol. The Bertz CT molecular complexity index is 1060. The zero-order valence-corrected chi connectivity index (χ0v) is 16.8. The summed E-state index contributed by atoms with van der Waals surface area (Å²) in [5.41, 5.74) is 5.00. The van der Waals surface area contributed by atoms with Crippen molar-refractivity contribution in [1.82, 2.24) is 9.55 Å². The van der Waals surface area contributed by atoms with E-state index in [9.17, 15) is 9.59 Å². The molecule has 0 spiro atoms. The van der Waals surface area contributed by atoms with Crippen LogP contribution >= 0.6 is 0 Å². The second kappa shape index (κ2) is 6.89. The van der Waals surface area contributed by atoms with E-state index in [2.05, 4.69) is 0 Å². The molecule has 1 saturated heterocycles. The number of fused-ring (bicyclic) bond motifs is 1. The lowest BCUT2D eigenvalue weighted by Crippen LogP contribution is -2.26. The molecule has 1 amide bonds. The predicted molar refractivity (Wildman–Crippen MR) is 111 cm³/mol. The Kier molecular flexibility index (Phi) is 4.53. The molecule has 2 aromatic carbocycles. The van der Waals surface area contributed by atoms with Crippen LogP contribution in [0.4, 0.5) is 5.69 Å². The van der Waals surface area contributed by atoms with Crippen LogP contribution in [-0.2, 0) is 9.59 Å². The Labute approximate surface area is 165 Å². The number of amides is 1. The number of benzene rings is 2. The Balaban J connectivity index is 1.79. The molecule has 5 nitrogen and oxygen atoms in total. The third-order valence-corrected chi connectivity index (χ3v) is 5.80. The second-order valence-electron chi connectivity index (χ2n) is 7.76. The maximum Gasteiger partial charge on any atom is 0.227 e. The highest BCUT2D eigenvalue weighted by molar-refractivity contribution is 5.98. The van der Waals surface area contributed by atoms with Crippen LogP contribution in [0, 0.1) is 13.8 Å². The van der Waals surface area contributed by atoms with E-state index in [4.69, 9.17) is 4.98 Å². The van der Waals surface area contributed by atoms with Crippen molar-refractivity contribution in [1.29, 1.82) is 0 Å². The van der Waals surface area contributed by atoms with E-state index in [-0.39, 0.29) is 23.7 Å². The molecule has 2 unspecified atom stereocenters. The maximum atomic E-state index is 12.9. The lowest BCUT2D eigenvalue weighted by Gasteiger charge is -2.22. The van der Waals surface area contributed by atoms with E-state index in [1.807, 2.05) is 72.7 Å². The summed E-state index contributed by atoms with van der Waals surface area (Å²) in [6, 6.07) is 13.6. The number of carbonyl (C=O) groups excluding carboxylic acids is 2. The first-order valence-corrected chi connectivity index (χ1v) is 9.72. The molecule has 1 fully saturated rings. The van der Waals surface area contributed by atoms with Gasteiger partial charge in [-0.25, -0.2) is 4.98 Å². The first-order chi connectivity index (χ1) is 13.4. The molecule has 0 radical (unpaired) electrons. The molecule has 1 aliphatic heterocycles. The summed E-state index contributed by atoms with van der Waals surface area (Å²) in [6.07, 6.45) is 0.404. The van der Waals surface area contributed by atoms with Crippen LogP contribution in [0.5, 0.6) is 0 Å². The van der Waals surface area contributed by atoms with Crippen molar-refractivity contribution < 1.29 is 9.59 Å². The second-order valence-corrected chi connectivity index (χ2v) is 7.76. The first kappa shape index (κ1) is 18.4. The monoisotopic (exact) mass is 375 g/mol. The standard InChI is InChI=1S/C23H25N3O2/c1-14-8-7-9-15(2)22(14)25-13-18(12-21(25)28)23-24-19-10-5-6-11-20(19)26(23)16(3)17(4)27/h5-11,16,18H,12-13H2,1-4H3. The van der Waals surface area contributed by atoms with Gasteiger partial charge in [0.05, 0.1) is 17.1 Å². The molecule has 1 aliphatic rings. The lowest BCUT2D eigenvalue weighted by atomic mass is 10.1. The summed E-state index contributed by atoms with van der Waals surface area (Å²) < 4.78 is 2.02. The van der Waals surface area contributed by atoms with Gasteiger partial charge < -0.3 is 9.47 Å². The first-order valence-electron chi connectivity index (χ1n) is 9.72. The number of Topliss-reactive ketones (excluding diaryl/α,β-unsaturated/α-hetero) is 1. The Morgan fingerprint density at radius 3 is 2.46 bits per heavy atom. The number of anilines is 1. The molecule has 0 N–H and O–H groups in total. The van der Waals surface area contributed by atoms with Crippen molar-refractivity contribution in [3.05, 3.63) is 59.4 Å². The quantitative estimate of drug-likeness (QED) is 0.682. The molecule has 3 aromatic rings. The zero-order valence-electron chi connectivity index (χ0n) is 16.8. The Hall–Kier alpha value is -2.95. The number of hydrogen-bond donors (Lipinski definition) is 0. The summed E-state index contributed by atoms with van der Waals surface area (Å²) in [6.45, 7) is 8.16. The molecular weight excluding hydrogens is 350 g/mol. The number of aryl methyl sites for hydroxylation is 2. The smallest absolute Gasteiger partial charge is 0.227 e. The molecule has 28 heavy (non-hydrogen) atoms. The predicted octanol–water partition coefficient (Wildman–Crippen LogP) is 4.32. The van der Waals surface area contributed by atoms with Crippen LogP contribution < -0.4 is 4.90 Å². The van der Waals surface area contributed by atoms with Crippen molar-refractivity contribution in [2.45, 2.75) is 46.1 Å². The van der Waals surface area contributed by atoms with Crippen LogP contribution in [0.3, 0.4) is 0 Å². The number of hydrogen-bond acceptors (Lipinski definition) is 3. The third-order valence-electron chi connectivity index (χ3n) is 5.80. The number of ketones is 1. The fraction of sp³-hybridized carbons (Fsp3) is 0.348. The van der Waals surface area contributed by atoms with E-state index in [1.54, 1.807) is 6.92 Å². The van der Waals surface area contributed by atoms with Gasteiger partial charge in [-0.05, 0) is 51.0 Å². The number of aromatic nitrogens is 2. The van der Waals surface area contributed by atoms with E-state index in [1.165, 1.54) is 0 Å². The summed E-state index contributed by atoms with van der Waals surface area (Å²) >= 11 is 0. The van der Waals surface area contributed by atoms with E-state index >= 15 is 0 Å². The highest BCUT2D eigenvalue weighted by atomic mass is 16.2. The van der Waals surface area contributed by atoms with Crippen LogP contribution in [0.25, 0.3) is 11.0 Å². The van der Waals surface area contributed by atoms with Gasteiger partial charge in [-0.3, -0.25) is 9.59 Å². The van der Waals surface area contributed by atoms with Crippen LogP contribution in [0.1, 0.15) is 49.2 Å². The molecule has 5 heteroatoms. The van der Waals surface area contributed by atoms with Gasteiger partial charge in [0.1, 0.15) is 5.82 Å². The van der Waals surface area contributed by atoms with Crippen molar-refractivity contribution in [3.8, 4) is 0 Å².